The third-order valence-electron chi connectivity index (χ3n) is 4.36. The van der Waals surface area contributed by atoms with E-state index in [0.717, 1.165) is 10.1 Å². The van der Waals surface area contributed by atoms with Gasteiger partial charge in [0.2, 0.25) is 11.2 Å². The summed E-state index contributed by atoms with van der Waals surface area (Å²) in [6.45, 7) is 0.0469. The molecule has 28 heavy (non-hydrogen) atoms. The van der Waals surface area contributed by atoms with Crippen molar-refractivity contribution in [3.8, 4) is 0 Å². The molecule has 9 nitrogen and oxygen atoms in total. The van der Waals surface area contributed by atoms with Gasteiger partial charge in [-0.25, -0.2) is 4.79 Å². The largest absolute Gasteiger partial charge is 0.337 e. The molecule has 4 aromatic rings. The van der Waals surface area contributed by atoms with Crippen molar-refractivity contribution in [1.82, 2.24) is 28.8 Å². The molecule has 0 fully saturated rings. The fourth-order valence-corrected chi connectivity index (χ4v) is 3.39. The van der Waals surface area contributed by atoms with Gasteiger partial charge in [-0.3, -0.25) is 18.5 Å². The zero-order chi connectivity index (χ0) is 20.0. The van der Waals surface area contributed by atoms with Gasteiger partial charge in [-0.05, 0) is 29.3 Å². The summed E-state index contributed by atoms with van der Waals surface area (Å²) in [4.78, 5) is 33.1. The maximum atomic E-state index is 12.6. The molecular weight excluding hydrogens is 407 g/mol. The second-order valence-corrected chi connectivity index (χ2v) is 7.03. The molecule has 0 amide bonds. The summed E-state index contributed by atoms with van der Waals surface area (Å²) in [6.07, 6.45) is 0.443. The van der Waals surface area contributed by atoms with Gasteiger partial charge >= 0.3 is 5.69 Å². The molecule has 0 saturated carbocycles. The number of halogens is 2. The molecule has 0 spiro atoms. The molecule has 0 atom stereocenters. The molecule has 0 unspecified atom stereocenters. The number of aryl methyl sites for hydroxylation is 1. The molecule has 0 aliphatic heterocycles. The number of benzene rings is 1. The van der Waals surface area contributed by atoms with E-state index in [0.29, 0.717) is 17.3 Å². The molecule has 0 N–H and O–H groups in total. The zero-order valence-corrected chi connectivity index (χ0v) is 16.4. The summed E-state index contributed by atoms with van der Waals surface area (Å²) in [5, 5.41) is 4.63. The van der Waals surface area contributed by atoms with Gasteiger partial charge < -0.3 is 4.52 Å². The van der Waals surface area contributed by atoms with Crippen LogP contribution in [0.2, 0.25) is 10.3 Å². The third-order valence-corrected chi connectivity index (χ3v) is 4.88. The van der Waals surface area contributed by atoms with Crippen LogP contribution in [0.1, 0.15) is 17.3 Å². The van der Waals surface area contributed by atoms with Crippen molar-refractivity contribution in [3.05, 3.63) is 72.7 Å². The van der Waals surface area contributed by atoms with Gasteiger partial charge in [-0.2, -0.15) is 9.97 Å². The van der Waals surface area contributed by atoms with E-state index in [4.69, 9.17) is 27.7 Å². The molecule has 0 bridgehead atoms. The van der Waals surface area contributed by atoms with E-state index in [2.05, 4.69) is 15.1 Å². The number of rotatable bonds is 4. The minimum atomic E-state index is -0.504. The summed E-state index contributed by atoms with van der Waals surface area (Å²) in [7, 11) is 2.92. The van der Waals surface area contributed by atoms with E-state index < -0.39 is 11.2 Å². The van der Waals surface area contributed by atoms with Crippen LogP contribution in [0.4, 0.5) is 0 Å². The Bertz CT molecular complexity index is 1320. The van der Waals surface area contributed by atoms with Crippen LogP contribution < -0.4 is 11.2 Å². The van der Waals surface area contributed by atoms with Gasteiger partial charge in [0, 0.05) is 25.5 Å². The molecule has 0 saturated heterocycles. The number of hydrogen-bond donors (Lipinski definition) is 0. The normalized spacial score (nSPS) is 11.4. The lowest BCUT2D eigenvalue weighted by Crippen LogP contribution is -2.37. The molecule has 3 aromatic heterocycles. The fraction of sp³-hybridized carbons (Fsp3) is 0.235. The second-order valence-electron chi connectivity index (χ2n) is 6.26. The summed E-state index contributed by atoms with van der Waals surface area (Å²) in [5.41, 5.74) is 0.326. The minimum absolute atomic E-state index is 0.0443. The lowest BCUT2D eigenvalue weighted by molar-refractivity contribution is 0.368. The van der Waals surface area contributed by atoms with E-state index >= 15 is 0 Å². The molecule has 0 aliphatic rings. The van der Waals surface area contributed by atoms with E-state index in [1.807, 2.05) is 18.2 Å². The first-order chi connectivity index (χ1) is 13.3. The van der Waals surface area contributed by atoms with Gasteiger partial charge in [-0.15, -0.1) is 0 Å². The Kier molecular flexibility index (Phi) is 4.56. The number of imidazole rings is 1. The fourth-order valence-electron chi connectivity index (χ4n) is 2.96. The lowest BCUT2D eigenvalue weighted by atomic mass is 10.1. The Morgan fingerprint density at radius 3 is 2.64 bits per heavy atom. The van der Waals surface area contributed by atoms with Crippen molar-refractivity contribution < 1.29 is 4.52 Å². The number of nitrogens with zero attached hydrogens (tertiary/aromatic N) is 6. The van der Waals surface area contributed by atoms with Crippen molar-refractivity contribution in [2.45, 2.75) is 13.0 Å². The SMILES string of the molecule is Cn1c(=O)c2c(nc(Cl)n2Cc2nc(Cc3cccc(Cl)c3)no2)n(C)c1=O. The van der Waals surface area contributed by atoms with Crippen molar-refractivity contribution >= 4 is 34.4 Å². The van der Waals surface area contributed by atoms with Gasteiger partial charge in [0.05, 0.1) is 0 Å². The van der Waals surface area contributed by atoms with Crippen LogP contribution in [0.25, 0.3) is 11.2 Å². The highest BCUT2D eigenvalue weighted by Crippen LogP contribution is 2.18. The summed E-state index contributed by atoms with van der Waals surface area (Å²) >= 11 is 12.2. The summed E-state index contributed by atoms with van der Waals surface area (Å²) < 4.78 is 8.99. The maximum absolute atomic E-state index is 12.6. The monoisotopic (exact) mass is 420 g/mol. The lowest BCUT2D eigenvalue weighted by Gasteiger charge is -2.05. The molecule has 144 valence electrons. The van der Waals surface area contributed by atoms with Gasteiger partial charge in [0.25, 0.3) is 5.56 Å². The molecule has 0 radical (unpaired) electrons. The first-order valence-electron chi connectivity index (χ1n) is 8.23. The Balaban J connectivity index is 1.70. The average molecular weight is 421 g/mol. The molecule has 1 aromatic carbocycles. The predicted octanol–water partition coefficient (Wildman–Crippen LogP) is 1.76. The topological polar surface area (TPSA) is 101 Å². The van der Waals surface area contributed by atoms with Crippen LogP contribution in [0, 0.1) is 0 Å². The Hall–Kier alpha value is -2.91. The molecule has 3 heterocycles. The highest BCUT2D eigenvalue weighted by atomic mass is 35.5. The second kappa shape index (κ2) is 6.92. The highest BCUT2D eigenvalue weighted by Gasteiger charge is 2.20. The smallest absolute Gasteiger partial charge is 0.332 e. The van der Waals surface area contributed by atoms with Crippen LogP contribution in [-0.4, -0.2) is 28.8 Å². The van der Waals surface area contributed by atoms with Gasteiger partial charge in [0.1, 0.15) is 6.54 Å². The van der Waals surface area contributed by atoms with Crippen molar-refractivity contribution in [3.63, 3.8) is 0 Å². The van der Waals surface area contributed by atoms with Gasteiger partial charge in [-0.1, -0.05) is 28.9 Å². The number of hydrogen-bond acceptors (Lipinski definition) is 6. The standard InChI is InChI=1S/C17H14Cl2N6O3/c1-23-14-13(15(26)24(2)17(23)27)25(16(19)21-14)8-12-20-11(22-28-12)7-9-4-3-5-10(18)6-9/h3-6H,7-8H2,1-2H3. The first kappa shape index (κ1) is 18.5. The zero-order valence-electron chi connectivity index (χ0n) is 14.9. The highest BCUT2D eigenvalue weighted by molar-refractivity contribution is 6.30. The van der Waals surface area contributed by atoms with Crippen LogP contribution in [0.15, 0.2) is 38.4 Å². The van der Waals surface area contributed by atoms with Crippen LogP contribution in [0.3, 0.4) is 0 Å². The molecule has 11 heteroatoms. The van der Waals surface area contributed by atoms with Crippen LogP contribution in [0.5, 0.6) is 0 Å². The van der Waals surface area contributed by atoms with E-state index in [9.17, 15) is 9.59 Å². The van der Waals surface area contributed by atoms with Gasteiger partial charge in [0.15, 0.2) is 17.0 Å². The predicted molar refractivity (Wildman–Crippen MR) is 103 cm³/mol. The van der Waals surface area contributed by atoms with Crippen molar-refractivity contribution in [2.75, 3.05) is 0 Å². The number of fused-ring (bicyclic) bond motifs is 1. The quantitative estimate of drug-likeness (QED) is 0.466. The Morgan fingerprint density at radius 1 is 1.11 bits per heavy atom. The third kappa shape index (κ3) is 3.12. The number of aromatic nitrogens is 6. The average Bonchev–Trinajstić information content (AvgIpc) is 3.23. The Labute approximate surface area is 167 Å². The molecule has 0 aliphatic carbocycles. The van der Waals surface area contributed by atoms with Crippen LogP contribution in [-0.2, 0) is 27.1 Å². The van der Waals surface area contributed by atoms with E-state index in [-0.39, 0.29) is 28.9 Å². The van der Waals surface area contributed by atoms with Crippen LogP contribution >= 0.6 is 23.2 Å². The summed E-state index contributed by atoms with van der Waals surface area (Å²) in [6, 6.07) is 7.36. The summed E-state index contributed by atoms with van der Waals surface area (Å²) in [5.74, 6) is 0.729. The molecule has 4 rings (SSSR count). The minimum Gasteiger partial charge on any atom is -0.337 e. The van der Waals surface area contributed by atoms with E-state index in [1.54, 1.807) is 6.07 Å². The first-order valence-corrected chi connectivity index (χ1v) is 8.98. The van der Waals surface area contributed by atoms with Crippen molar-refractivity contribution in [1.29, 1.82) is 0 Å². The Morgan fingerprint density at radius 2 is 1.89 bits per heavy atom. The van der Waals surface area contributed by atoms with E-state index in [1.165, 1.54) is 23.2 Å². The maximum Gasteiger partial charge on any atom is 0.332 e. The molecular formula is C17H14Cl2N6O3. The van der Waals surface area contributed by atoms with Crippen molar-refractivity contribution in [2.24, 2.45) is 14.1 Å².